The van der Waals surface area contributed by atoms with Gasteiger partial charge in [0.1, 0.15) is 0 Å². The fourth-order valence-electron chi connectivity index (χ4n) is 10.1. The molecule has 6 aromatic rings. The number of benzene rings is 6. The maximum atomic E-state index is 10.3. The maximum Gasteiger partial charge on any atom is 0.0681 e. The van der Waals surface area contributed by atoms with Crippen LogP contribution in [0.5, 0.6) is 0 Å². The molecular weight excluding hydrogens is 995 g/mol. The van der Waals surface area contributed by atoms with Crippen LogP contribution in [0.3, 0.4) is 0 Å². The number of halogens is 3. The highest BCUT2D eigenvalue weighted by Gasteiger charge is 2.24. The number of aryl methyl sites for hydroxylation is 6. The normalized spacial score (nSPS) is 14.3. The second-order valence-corrected chi connectivity index (χ2v) is 20.7. The summed E-state index contributed by atoms with van der Waals surface area (Å²) in [4.78, 5) is 7.16. The number of rotatable bonds is 18. The Bertz CT molecular complexity index is 2160. The molecule has 3 aliphatic heterocycles. The van der Waals surface area contributed by atoms with Gasteiger partial charge in [0, 0.05) is 91.5 Å². The zero-order valence-electron chi connectivity index (χ0n) is 45.3. The molecule has 0 fully saturated rings. The molecule has 9 rings (SSSR count). The maximum absolute atomic E-state index is 10.3. The Kier molecular flexibility index (Phi) is 27.0. The summed E-state index contributed by atoms with van der Waals surface area (Å²) in [5.41, 5.74) is 16.1. The van der Waals surface area contributed by atoms with Gasteiger partial charge in [-0.1, -0.05) is 151 Å². The van der Waals surface area contributed by atoms with E-state index >= 15 is 0 Å². The molecule has 3 heterocycles. The standard InChI is InChI=1S/3C21H28N2O.3ClH/c3*1-16(2)22-15-19(24)13-14-23-20-9-5-3-7-17(20)11-12-18-8-4-6-10-21(18)23;;;/h3*3-10,16,19,22,24H,11-15H2,1-2H3;3*1H/t2*19-;;;;/m10..../s1. The molecule has 6 N–H and O–H groups in total. The average Bonchev–Trinajstić information content (AvgIpc) is 3.74. The molecule has 0 aliphatic carbocycles. The van der Waals surface area contributed by atoms with E-state index in [4.69, 9.17) is 0 Å². The van der Waals surface area contributed by atoms with Gasteiger partial charge >= 0.3 is 0 Å². The van der Waals surface area contributed by atoms with Crippen LogP contribution in [0.4, 0.5) is 34.1 Å². The third kappa shape index (κ3) is 18.5. The molecule has 3 atom stereocenters. The van der Waals surface area contributed by atoms with Crippen LogP contribution in [0.1, 0.15) is 94.2 Å². The smallest absolute Gasteiger partial charge is 0.0681 e. The summed E-state index contributed by atoms with van der Waals surface area (Å²) in [6, 6.07) is 53.2. The molecule has 0 radical (unpaired) electrons. The van der Waals surface area contributed by atoms with Crippen molar-refractivity contribution in [1.29, 1.82) is 0 Å². The molecule has 0 bridgehead atoms. The Balaban J connectivity index is 0.000000239. The van der Waals surface area contributed by atoms with E-state index in [0.717, 1.165) is 77.4 Å². The lowest BCUT2D eigenvalue weighted by Crippen LogP contribution is -2.34. The van der Waals surface area contributed by atoms with Crippen molar-refractivity contribution < 1.29 is 15.3 Å². The third-order valence-corrected chi connectivity index (χ3v) is 14.0. The zero-order valence-corrected chi connectivity index (χ0v) is 47.8. The van der Waals surface area contributed by atoms with Crippen LogP contribution in [-0.4, -0.2) is 91.0 Å². The lowest BCUT2D eigenvalue weighted by molar-refractivity contribution is 0.161. The molecular formula is C63H87Cl3N6O3. The third-order valence-electron chi connectivity index (χ3n) is 14.0. The molecule has 75 heavy (non-hydrogen) atoms. The van der Waals surface area contributed by atoms with Crippen molar-refractivity contribution >= 4 is 71.3 Å². The van der Waals surface area contributed by atoms with Gasteiger partial charge in [-0.3, -0.25) is 0 Å². The fourth-order valence-corrected chi connectivity index (χ4v) is 10.1. The second-order valence-electron chi connectivity index (χ2n) is 20.7. The highest BCUT2D eigenvalue weighted by molar-refractivity contribution is 5.86. The molecule has 3 aliphatic rings. The minimum absolute atomic E-state index is 0. The van der Waals surface area contributed by atoms with E-state index in [9.17, 15) is 15.3 Å². The minimum atomic E-state index is -0.324. The van der Waals surface area contributed by atoms with Crippen molar-refractivity contribution in [3.63, 3.8) is 0 Å². The van der Waals surface area contributed by atoms with Crippen LogP contribution in [0.25, 0.3) is 0 Å². The number of nitrogens with one attached hydrogen (secondary N) is 3. The first-order valence-corrected chi connectivity index (χ1v) is 27.0. The van der Waals surface area contributed by atoms with Crippen molar-refractivity contribution in [2.45, 2.75) is 136 Å². The predicted octanol–water partition coefficient (Wildman–Crippen LogP) is 12.3. The van der Waals surface area contributed by atoms with E-state index < -0.39 is 0 Å². The lowest BCUT2D eigenvalue weighted by Gasteiger charge is -2.28. The van der Waals surface area contributed by atoms with Gasteiger partial charge in [-0.15, -0.1) is 37.2 Å². The topological polar surface area (TPSA) is 106 Å². The number of nitrogens with zero attached hydrogens (tertiary/aromatic N) is 3. The van der Waals surface area contributed by atoms with Gasteiger partial charge in [0.15, 0.2) is 0 Å². The van der Waals surface area contributed by atoms with Gasteiger partial charge in [-0.25, -0.2) is 0 Å². The number of anilines is 6. The summed E-state index contributed by atoms with van der Waals surface area (Å²) in [6.45, 7) is 17.1. The van der Waals surface area contributed by atoms with Crippen LogP contribution >= 0.6 is 37.2 Å². The quantitative estimate of drug-likeness (QED) is 0.0502. The highest BCUT2D eigenvalue weighted by atomic mass is 35.5. The number of aliphatic hydroxyl groups is 3. The molecule has 0 saturated heterocycles. The van der Waals surface area contributed by atoms with Crippen LogP contribution in [0.15, 0.2) is 146 Å². The summed E-state index contributed by atoms with van der Waals surface area (Å²) in [6.07, 6.45) is 7.71. The summed E-state index contributed by atoms with van der Waals surface area (Å²) in [5, 5.41) is 40.9. The Morgan fingerprint density at radius 1 is 0.320 bits per heavy atom. The van der Waals surface area contributed by atoms with Gasteiger partial charge in [-0.05, 0) is 128 Å². The molecule has 0 saturated carbocycles. The van der Waals surface area contributed by atoms with Gasteiger partial charge in [0.25, 0.3) is 0 Å². The molecule has 408 valence electrons. The summed E-state index contributed by atoms with van der Waals surface area (Å²) in [7, 11) is 0. The first-order chi connectivity index (χ1) is 34.9. The molecule has 0 spiro atoms. The summed E-state index contributed by atoms with van der Waals surface area (Å²) in [5.74, 6) is 0. The Morgan fingerprint density at radius 3 is 0.667 bits per heavy atom. The van der Waals surface area contributed by atoms with Crippen molar-refractivity contribution in [2.75, 3.05) is 54.0 Å². The Labute approximate surface area is 468 Å². The Hall–Kier alpha value is -4.65. The van der Waals surface area contributed by atoms with Gasteiger partial charge in [-0.2, -0.15) is 0 Å². The molecule has 0 amide bonds. The number of hydrogen-bond acceptors (Lipinski definition) is 9. The van der Waals surface area contributed by atoms with Gasteiger partial charge < -0.3 is 46.0 Å². The van der Waals surface area contributed by atoms with Gasteiger partial charge in [0.2, 0.25) is 0 Å². The number of aliphatic hydroxyl groups excluding tert-OH is 3. The first kappa shape index (κ1) is 62.9. The minimum Gasteiger partial charge on any atom is -0.392 e. The highest BCUT2D eigenvalue weighted by Crippen LogP contribution is 2.39. The fraction of sp³-hybridized carbons (Fsp3) is 0.429. The van der Waals surface area contributed by atoms with E-state index in [0.29, 0.717) is 37.8 Å². The van der Waals surface area contributed by atoms with Crippen molar-refractivity contribution in [1.82, 2.24) is 16.0 Å². The van der Waals surface area contributed by atoms with Crippen LogP contribution in [0.2, 0.25) is 0 Å². The van der Waals surface area contributed by atoms with E-state index in [1.54, 1.807) is 0 Å². The van der Waals surface area contributed by atoms with E-state index in [1.165, 1.54) is 67.5 Å². The molecule has 1 unspecified atom stereocenters. The predicted molar refractivity (Wildman–Crippen MR) is 325 cm³/mol. The van der Waals surface area contributed by atoms with Crippen molar-refractivity contribution in [2.24, 2.45) is 0 Å². The largest absolute Gasteiger partial charge is 0.392 e. The molecule has 9 nitrogen and oxygen atoms in total. The van der Waals surface area contributed by atoms with E-state index in [-0.39, 0.29) is 55.5 Å². The summed E-state index contributed by atoms with van der Waals surface area (Å²) >= 11 is 0. The zero-order chi connectivity index (χ0) is 50.8. The van der Waals surface area contributed by atoms with Crippen LogP contribution in [0, 0.1) is 0 Å². The molecule has 0 aromatic heterocycles. The van der Waals surface area contributed by atoms with Crippen LogP contribution in [-0.2, 0) is 38.5 Å². The van der Waals surface area contributed by atoms with E-state index in [2.05, 4.69) is 218 Å². The molecule has 6 aromatic carbocycles. The first-order valence-electron chi connectivity index (χ1n) is 27.0. The SMILES string of the molecule is CC(C)NCC(O)CCN1c2ccccc2CCc2ccccc21.CC(C)NC[C@@H](O)CCN1c2ccccc2CCc2ccccc21.CC(C)NC[C@H](O)CCN1c2ccccc2CCc2ccccc21.Cl.Cl.Cl. The second kappa shape index (κ2) is 32.2. The average molecular weight is 1080 g/mol. The summed E-state index contributed by atoms with van der Waals surface area (Å²) < 4.78 is 0. The lowest BCUT2D eigenvalue weighted by atomic mass is 10.0. The van der Waals surface area contributed by atoms with Gasteiger partial charge in [0.05, 0.1) is 18.3 Å². The van der Waals surface area contributed by atoms with E-state index in [1.807, 2.05) is 0 Å². The Morgan fingerprint density at radius 2 is 0.493 bits per heavy atom. The van der Waals surface area contributed by atoms with Crippen molar-refractivity contribution in [3.05, 3.63) is 179 Å². The number of para-hydroxylation sites is 6. The van der Waals surface area contributed by atoms with Crippen molar-refractivity contribution in [3.8, 4) is 0 Å². The molecule has 12 heteroatoms. The number of hydrogen-bond donors (Lipinski definition) is 6. The van der Waals surface area contributed by atoms with Crippen LogP contribution < -0.4 is 30.7 Å². The monoisotopic (exact) mass is 1080 g/mol. The number of fused-ring (bicyclic) bond motifs is 6.